The number of aryl methyl sites for hydroxylation is 1. The van der Waals surface area contributed by atoms with Crippen molar-refractivity contribution in [2.24, 2.45) is 11.3 Å². The Morgan fingerprint density at radius 2 is 2.10 bits per heavy atom. The number of Topliss-reactive ketones (excluding diaryl/α,β-unsaturated/α-hetero) is 1. The van der Waals surface area contributed by atoms with Crippen molar-refractivity contribution >= 4 is 5.78 Å². The Hall–Kier alpha value is -1.35. The number of fused-ring (bicyclic) bond motifs is 1. The van der Waals surface area contributed by atoms with Crippen LogP contribution in [0.4, 0.5) is 0 Å². The zero-order valence-corrected chi connectivity index (χ0v) is 12.9. The number of ketones is 1. The summed E-state index contributed by atoms with van der Waals surface area (Å²) >= 11 is 0. The van der Waals surface area contributed by atoms with Gasteiger partial charge in [-0.3, -0.25) is 4.79 Å². The highest BCUT2D eigenvalue weighted by Crippen LogP contribution is 2.62. The molecule has 0 amide bonds. The largest absolute Gasteiger partial charge is 0.508 e. The summed E-state index contributed by atoms with van der Waals surface area (Å²) < 4.78 is 6.09. The van der Waals surface area contributed by atoms with Crippen LogP contribution in [0.2, 0.25) is 0 Å². The van der Waals surface area contributed by atoms with Crippen molar-refractivity contribution in [3.63, 3.8) is 0 Å². The molecule has 1 N–H and O–H groups in total. The summed E-state index contributed by atoms with van der Waals surface area (Å²) in [6, 6.07) is 4.02. The molecular formula is C18H22O3. The number of phenolic OH excluding ortho intramolecular Hbond substituents is 1. The molecule has 3 nitrogen and oxygen atoms in total. The third-order valence-corrected chi connectivity index (χ3v) is 6.30. The molecule has 2 bridgehead atoms. The highest BCUT2D eigenvalue weighted by molar-refractivity contribution is 5.86. The van der Waals surface area contributed by atoms with Crippen LogP contribution >= 0.6 is 0 Å². The average molecular weight is 286 g/mol. The van der Waals surface area contributed by atoms with Gasteiger partial charge in [0, 0.05) is 17.3 Å². The number of ether oxygens (including phenoxy) is 1. The lowest BCUT2D eigenvalue weighted by Gasteiger charge is -2.59. The molecule has 4 aliphatic rings. The molecule has 3 heteroatoms. The number of hydrogen-bond donors (Lipinski definition) is 1. The van der Waals surface area contributed by atoms with Crippen LogP contribution < -0.4 is 0 Å². The van der Waals surface area contributed by atoms with Gasteiger partial charge in [-0.25, -0.2) is 0 Å². The van der Waals surface area contributed by atoms with Gasteiger partial charge in [0.2, 0.25) is 0 Å². The molecule has 2 aliphatic heterocycles. The molecule has 0 unspecified atom stereocenters. The average Bonchev–Trinajstić information content (AvgIpc) is 2.45. The topological polar surface area (TPSA) is 46.5 Å². The van der Waals surface area contributed by atoms with E-state index in [4.69, 9.17) is 4.74 Å². The Labute approximate surface area is 125 Å². The maximum absolute atomic E-state index is 12.4. The minimum atomic E-state index is -0.293. The molecule has 2 fully saturated rings. The maximum Gasteiger partial charge on any atom is 0.138 e. The predicted octanol–water partition coefficient (Wildman–Crippen LogP) is 3.42. The first-order chi connectivity index (χ1) is 9.86. The van der Waals surface area contributed by atoms with Crippen molar-refractivity contribution in [2.45, 2.75) is 51.6 Å². The monoisotopic (exact) mass is 286 g/mol. The lowest BCUT2D eigenvalue weighted by molar-refractivity contribution is -0.159. The summed E-state index contributed by atoms with van der Waals surface area (Å²) in [5.74, 6) is 1.06. The molecule has 5 rings (SSSR count). The second-order valence-electron chi connectivity index (χ2n) is 7.61. The van der Waals surface area contributed by atoms with Crippen LogP contribution in [-0.2, 0) is 14.9 Å². The zero-order chi connectivity index (χ0) is 15.0. The normalized spacial score (nSPS) is 36.2. The predicted molar refractivity (Wildman–Crippen MR) is 79.3 cm³/mol. The van der Waals surface area contributed by atoms with Gasteiger partial charge in [-0.05, 0) is 54.5 Å². The van der Waals surface area contributed by atoms with E-state index in [0.717, 1.165) is 18.4 Å². The van der Waals surface area contributed by atoms with E-state index in [1.54, 1.807) is 0 Å². The van der Waals surface area contributed by atoms with E-state index in [0.29, 0.717) is 30.5 Å². The molecular weight excluding hydrogens is 264 g/mol. The molecule has 1 aromatic carbocycles. The first-order valence-corrected chi connectivity index (χ1v) is 7.85. The molecule has 21 heavy (non-hydrogen) atoms. The van der Waals surface area contributed by atoms with Gasteiger partial charge >= 0.3 is 0 Å². The zero-order valence-electron chi connectivity index (χ0n) is 12.9. The highest BCUT2D eigenvalue weighted by atomic mass is 16.5. The lowest BCUT2D eigenvalue weighted by Crippen LogP contribution is -2.59. The Bertz CT molecular complexity index is 646. The van der Waals surface area contributed by atoms with Gasteiger partial charge in [0.1, 0.15) is 11.5 Å². The van der Waals surface area contributed by atoms with Crippen LogP contribution in [0.15, 0.2) is 12.1 Å². The number of phenols is 1. The second kappa shape index (κ2) is 3.89. The first kappa shape index (κ1) is 13.3. The summed E-state index contributed by atoms with van der Waals surface area (Å²) in [5.41, 5.74) is 2.99. The Kier molecular flexibility index (Phi) is 2.47. The van der Waals surface area contributed by atoms with Crippen molar-refractivity contribution in [3.8, 4) is 5.75 Å². The fourth-order valence-electron chi connectivity index (χ4n) is 4.98. The van der Waals surface area contributed by atoms with Gasteiger partial charge in [-0.1, -0.05) is 13.8 Å². The molecule has 0 radical (unpaired) electrons. The van der Waals surface area contributed by atoms with Gasteiger partial charge in [-0.15, -0.1) is 0 Å². The van der Waals surface area contributed by atoms with Gasteiger partial charge in [0.25, 0.3) is 0 Å². The SMILES string of the molecule is Cc1cc2c(cc1O)[C@@]13CCC(=O)C(C)(C)[C@@H]1C[C@@H]2OC3. The van der Waals surface area contributed by atoms with E-state index in [9.17, 15) is 9.90 Å². The minimum absolute atomic E-state index is 0.0800. The van der Waals surface area contributed by atoms with Crippen LogP contribution in [0.5, 0.6) is 5.75 Å². The molecule has 1 spiro atoms. The van der Waals surface area contributed by atoms with Gasteiger partial charge < -0.3 is 9.84 Å². The van der Waals surface area contributed by atoms with E-state index in [-0.39, 0.29) is 16.9 Å². The molecule has 0 aromatic heterocycles. The fraction of sp³-hybridized carbons (Fsp3) is 0.611. The van der Waals surface area contributed by atoms with E-state index in [2.05, 4.69) is 19.9 Å². The van der Waals surface area contributed by atoms with E-state index in [1.165, 1.54) is 11.1 Å². The quantitative estimate of drug-likeness (QED) is 0.795. The lowest BCUT2D eigenvalue weighted by atomic mass is 9.48. The van der Waals surface area contributed by atoms with Crippen molar-refractivity contribution in [2.75, 3.05) is 6.61 Å². The van der Waals surface area contributed by atoms with Crippen molar-refractivity contribution in [1.82, 2.24) is 0 Å². The van der Waals surface area contributed by atoms with Crippen LogP contribution in [0.25, 0.3) is 0 Å². The number of carbonyl (C=O) groups excluding carboxylic acids is 1. The molecule has 3 atom stereocenters. The van der Waals surface area contributed by atoms with Gasteiger partial charge in [-0.2, -0.15) is 0 Å². The third kappa shape index (κ3) is 1.50. The fourth-order valence-corrected chi connectivity index (χ4v) is 4.98. The van der Waals surface area contributed by atoms with Crippen molar-refractivity contribution in [1.29, 1.82) is 0 Å². The van der Waals surface area contributed by atoms with Crippen LogP contribution in [0.1, 0.15) is 55.9 Å². The van der Waals surface area contributed by atoms with Crippen LogP contribution in [-0.4, -0.2) is 17.5 Å². The smallest absolute Gasteiger partial charge is 0.138 e. The summed E-state index contributed by atoms with van der Waals surface area (Å²) in [5, 5.41) is 10.2. The number of rotatable bonds is 0. The standard InChI is InChI=1S/C18H22O3/c1-10-6-11-12(7-13(10)19)18-5-4-16(20)17(2,3)15(18)8-14(11)21-9-18/h6-7,14-15,19H,4-5,8-9H2,1-3H3/t14-,15-,18-/m0/s1. The minimum Gasteiger partial charge on any atom is -0.508 e. The van der Waals surface area contributed by atoms with E-state index < -0.39 is 0 Å². The molecule has 1 saturated heterocycles. The molecule has 2 aliphatic carbocycles. The number of aromatic hydroxyl groups is 1. The van der Waals surface area contributed by atoms with Crippen LogP contribution in [0.3, 0.4) is 0 Å². The summed E-state index contributed by atoms with van der Waals surface area (Å²) in [6.45, 7) is 6.81. The van der Waals surface area contributed by atoms with E-state index in [1.807, 2.05) is 13.0 Å². The second-order valence-corrected chi connectivity index (χ2v) is 7.61. The highest BCUT2D eigenvalue weighted by Gasteiger charge is 2.60. The first-order valence-electron chi connectivity index (χ1n) is 7.85. The number of hydrogen-bond acceptors (Lipinski definition) is 3. The summed E-state index contributed by atoms with van der Waals surface area (Å²) in [7, 11) is 0. The van der Waals surface area contributed by atoms with E-state index >= 15 is 0 Å². The Balaban J connectivity index is 1.94. The van der Waals surface area contributed by atoms with Crippen molar-refractivity contribution in [3.05, 3.63) is 28.8 Å². The van der Waals surface area contributed by atoms with Gasteiger partial charge in [0.15, 0.2) is 0 Å². The summed E-state index contributed by atoms with van der Waals surface area (Å²) in [6.07, 6.45) is 2.47. The number of carbonyl (C=O) groups is 1. The molecule has 112 valence electrons. The van der Waals surface area contributed by atoms with Crippen molar-refractivity contribution < 1.29 is 14.6 Å². The Morgan fingerprint density at radius 3 is 2.86 bits per heavy atom. The maximum atomic E-state index is 12.4. The number of benzene rings is 1. The van der Waals surface area contributed by atoms with Crippen LogP contribution in [0, 0.1) is 18.3 Å². The molecule has 1 aromatic rings. The van der Waals surface area contributed by atoms with Gasteiger partial charge in [0.05, 0.1) is 12.7 Å². The third-order valence-electron chi connectivity index (χ3n) is 6.30. The Morgan fingerprint density at radius 1 is 1.33 bits per heavy atom. The molecule has 2 heterocycles. The summed E-state index contributed by atoms with van der Waals surface area (Å²) in [4.78, 5) is 12.4. The molecule has 1 saturated carbocycles.